The third kappa shape index (κ3) is 3.20. The van der Waals surface area contributed by atoms with Gasteiger partial charge in [-0.3, -0.25) is 4.57 Å². The highest BCUT2D eigenvalue weighted by molar-refractivity contribution is 5.82. The normalized spacial score (nSPS) is 14.6. The molecule has 3 nitrogen and oxygen atoms in total. The van der Waals surface area contributed by atoms with Crippen molar-refractivity contribution in [1.82, 2.24) is 9.55 Å². The first-order valence-electron chi connectivity index (χ1n) is 5.25. The molecule has 1 aliphatic heterocycles. The third-order valence-electron chi connectivity index (χ3n) is 1.91. The van der Waals surface area contributed by atoms with Gasteiger partial charge in [-0.05, 0) is 25.0 Å². The van der Waals surface area contributed by atoms with E-state index in [1.165, 1.54) is 5.57 Å². The van der Waals surface area contributed by atoms with Crippen molar-refractivity contribution in [1.29, 1.82) is 0 Å². The first-order chi connectivity index (χ1) is 7.36. The van der Waals surface area contributed by atoms with Gasteiger partial charge in [0.1, 0.15) is 12.1 Å². The van der Waals surface area contributed by atoms with E-state index in [4.69, 9.17) is 0 Å². The third-order valence-corrected chi connectivity index (χ3v) is 1.91. The van der Waals surface area contributed by atoms with Gasteiger partial charge in [0.15, 0.2) is 0 Å². The Balaban J connectivity index is 0.000000531. The molecule has 0 fully saturated rings. The predicted molar refractivity (Wildman–Crippen MR) is 64.7 cm³/mol. The van der Waals surface area contributed by atoms with Crippen molar-refractivity contribution in [2.45, 2.75) is 27.2 Å². The van der Waals surface area contributed by atoms with Gasteiger partial charge in [-0.15, -0.1) is 0 Å². The van der Waals surface area contributed by atoms with Crippen LogP contribution in [0.3, 0.4) is 0 Å². The molecule has 0 N–H and O–H groups in total. The number of rotatable bonds is 1. The van der Waals surface area contributed by atoms with E-state index < -0.39 is 0 Å². The van der Waals surface area contributed by atoms with Crippen molar-refractivity contribution in [2.75, 3.05) is 0 Å². The Kier molecular flexibility index (Phi) is 4.54. The lowest BCUT2D eigenvalue weighted by atomic mass is 10.3. The molecule has 0 aliphatic carbocycles. The van der Waals surface area contributed by atoms with Gasteiger partial charge in [0, 0.05) is 18.6 Å². The molecule has 0 unspecified atom stereocenters. The lowest BCUT2D eigenvalue weighted by molar-refractivity contribution is 1.05. The highest BCUT2D eigenvalue weighted by Gasteiger charge is 1.98. The maximum Gasteiger partial charge on any atom is 0.134 e. The van der Waals surface area contributed by atoms with E-state index in [0.29, 0.717) is 0 Å². The molecule has 0 saturated heterocycles. The van der Waals surface area contributed by atoms with Gasteiger partial charge in [-0.2, -0.15) is 0 Å². The summed E-state index contributed by atoms with van der Waals surface area (Å²) in [5.41, 5.74) is 1.20. The van der Waals surface area contributed by atoms with E-state index in [1.807, 2.05) is 37.7 Å². The Morgan fingerprint density at radius 3 is 2.73 bits per heavy atom. The topological polar surface area (TPSA) is 30.2 Å². The van der Waals surface area contributed by atoms with Gasteiger partial charge in [-0.1, -0.05) is 19.9 Å². The van der Waals surface area contributed by atoms with Gasteiger partial charge in [0.05, 0.1) is 0 Å². The van der Waals surface area contributed by atoms with Crippen LogP contribution in [-0.4, -0.2) is 15.8 Å². The summed E-state index contributed by atoms with van der Waals surface area (Å²) in [6, 6.07) is 0. The number of nitrogens with zero attached hydrogens (tertiary/aromatic N) is 3. The van der Waals surface area contributed by atoms with Crippen LogP contribution in [0.4, 0.5) is 0 Å². The van der Waals surface area contributed by atoms with E-state index >= 15 is 0 Å². The van der Waals surface area contributed by atoms with Crippen molar-refractivity contribution in [3.63, 3.8) is 0 Å². The number of aromatic nitrogens is 2. The number of hydrogen-bond donors (Lipinski definition) is 0. The Morgan fingerprint density at radius 1 is 1.27 bits per heavy atom. The summed E-state index contributed by atoms with van der Waals surface area (Å²) in [5, 5.41) is 0. The molecule has 1 aromatic heterocycles. The zero-order chi connectivity index (χ0) is 11.1. The molecule has 0 radical (unpaired) electrons. The molecule has 0 aromatic carbocycles. The van der Waals surface area contributed by atoms with Gasteiger partial charge in [-0.25, -0.2) is 9.98 Å². The molecule has 2 heterocycles. The van der Waals surface area contributed by atoms with E-state index in [-0.39, 0.29) is 0 Å². The van der Waals surface area contributed by atoms with Crippen molar-refractivity contribution in [3.05, 3.63) is 36.4 Å². The van der Waals surface area contributed by atoms with E-state index in [0.717, 1.165) is 12.2 Å². The summed E-state index contributed by atoms with van der Waals surface area (Å²) in [5.74, 6) is 0.936. The van der Waals surface area contributed by atoms with Crippen LogP contribution in [0.15, 0.2) is 41.4 Å². The van der Waals surface area contributed by atoms with Gasteiger partial charge < -0.3 is 0 Å². The Labute approximate surface area is 90.9 Å². The molecule has 1 aromatic rings. The molecule has 0 amide bonds. The second-order valence-electron chi connectivity index (χ2n) is 2.97. The summed E-state index contributed by atoms with van der Waals surface area (Å²) in [7, 11) is 0. The first-order valence-corrected chi connectivity index (χ1v) is 5.25. The number of hydrogen-bond acceptors (Lipinski definition) is 2. The monoisotopic (exact) mass is 203 g/mol. The first kappa shape index (κ1) is 11.4. The van der Waals surface area contributed by atoms with Crippen LogP contribution in [0.5, 0.6) is 0 Å². The molecule has 0 spiro atoms. The zero-order valence-electron chi connectivity index (χ0n) is 9.51. The van der Waals surface area contributed by atoms with Crippen molar-refractivity contribution in [3.8, 4) is 0 Å². The SMILES string of the molecule is CC.CC1=CCC=C(n2ccnc2)N=C1. The molecule has 0 saturated carbocycles. The summed E-state index contributed by atoms with van der Waals surface area (Å²) < 4.78 is 1.91. The molecule has 2 rings (SSSR count). The highest BCUT2D eigenvalue weighted by Crippen LogP contribution is 2.11. The molecular formula is C12H17N3. The minimum atomic E-state index is 0.930. The molecule has 80 valence electrons. The highest BCUT2D eigenvalue weighted by atomic mass is 15.1. The number of allylic oxidation sites excluding steroid dienone is 3. The largest absolute Gasteiger partial charge is 0.291 e. The fourth-order valence-corrected chi connectivity index (χ4v) is 1.19. The second-order valence-corrected chi connectivity index (χ2v) is 2.97. The molecular weight excluding hydrogens is 186 g/mol. The van der Waals surface area contributed by atoms with Crippen molar-refractivity contribution < 1.29 is 0 Å². The minimum Gasteiger partial charge on any atom is -0.291 e. The molecule has 0 atom stereocenters. The second kappa shape index (κ2) is 5.96. The van der Waals surface area contributed by atoms with E-state index in [1.54, 1.807) is 12.5 Å². The predicted octanol–water partition coefficient (Wildman–Crippen LogP) is 3.13. The van der Waals surface area contributed by atoms with Gasteiger partial charge in [0.2, 0.25) is 0 Å². The summed E-state index contributed by atoms with van der Waals surface area (Å²) in [6.45, 7) is 6.05. The van der Waals surface area contributed by atoms with Crippen LogP contribution in [0.1, 0.15) is 27.2 Å². The lowest BCUT2D eigenvalue weighted by Crippen LogP contribution is -1.90. The molecule has 1 aliphatic rings. The van der Waals surface area contributed by atoms with Crippen LogP contribution in [-0.2, 0) is 0 Å². The fourth-order valence-electron chi connectivity index (χ4n) is 1.19. The van der Waals surface area contributed by atoms with Crippen LogP contribution in [0, 0.1) is 0 Å². The van der Waals surface area contributed by atoms with Crippen LogP contribution in [0.2, 0.25) is 0 Å². The summed E-state index contributed by atoms with van der Waals surface area (Å²) >= 11 is 0. The van der Waals surface area contributed by atoms with Crippen LogP contribution in [0.25, 0.3) is 5.82 Å². The van der Waals surface area contributed by atoms with Gasteiger partial charge in [0.25, 0.3) is 0 Å². The lowest BCUT2D eigenvalue weighted by Gasteiger charge is -1.99. The Hall–Kier alpha value is -1.64. The molecule has 15 heavy (non-hydrogen) atoms. The summed E-state index contributed by atoms with van der Waals surface area (Å²) in [4.78, 5) is 8.32. The van der Waals surface area contributed by atoms with Crippen molar-refractivity contribution in [2.24, 2.45) is 4.99 Å². The van der Waals surface area contributed by atoms with Gasteiger partial charge >= 0.3 is 0 Å². The standard InChI is InChI=1S/C10H11N3.C2H6/c1-9-3-2-4-10(12-7-9)13-6-5-11-8-13;1-2/h3-8H,2H2,1H3;1-2H3. The Morgan fingerprint density at radius 2 is 2.07 bits per heavy atom. The zero-order valence-corrected chi connectivity index (χ0v) is 9.51. The van der Waals surface area contributed by atoms with E-state index in [9.17, 15) is 0 Å². The fraction of sp³-hybridized carbons (Fsp3) is 0.333. The average Bonchev–Trinajstić information content (AvgIpc) is 2.72. The minimum absolute atomic E-state index is 0.930. The van der Waals surface area contributed by atoms with Crippen LogP contribution >= 0.6 is 0 Å². The smallest absolute Gasteiger partial charge is 0.134 e. The maximum absolute atomic E-state index is 4.34. The Bertz CT molecular complexity index is 370. The quantitative estimate of drug-likeness (QED) is 0.689. The van der Waals surface area contributed by atoms with Crippen molar-refractivity contribution >= 4 is 12.0 Å². The maximum atomic E-state index is 4.34. The molecule has 0 bridgehead atoms. The molecule has 3 heteroatoms. The number of imidazole rings is 1. The summed E-state index contributed by atoms with van der Waals surface area (Å²) in [6.07, 6.45) is 12.4. The van der Waals surface area contributed by atoms with E-state index in [2.05, 4.69) is 22.1 Å². The average molecular weight is 203 g/mol. The number of aliphatic imine (C=N–C) groups is 1. The van der Waals surface area contributed by atoms with Crippen LogP contribution < -0.4 is 0 Å².